The average molecular weight is 1110 g/mol. The van der Waals surface area contributed by atoms with Crippen LogP contribution in [0.1, 0.15) is 79.6 Å². The molecule has 0 saturated heterocycles. The molecule has 10 aromatic rings. The van der Waals surface area contributed by atoms with Crippen LogP contribution in [0.4, 0.5) is 0 Å². The molecule has 0 atom stereocenters. The number of methoxy groups -OCH3 is 4. The maximum absolute atomic E-state index is 14.4. The predicted molar refractivity (Wildman–Crippen MR) is 312 cm³/mol. The van der Waals surface area contributed by atoms with Crippen LogP contribution < -0.4 is 47.4 Å². The van der Waals surface area contributed by atoms with Crippen molar-refractivity contribution in [3.05, 3.63) is 225 Å². The number of fused-ring (bicyclic) bond motifs is 6. The summed E-state index contributed by atoms with van der Waals surface area (Å²) < 4.78 is 59.1. The van der Waals surface area contributed by atoms with E-state index in [9.17, 15) is 24.0 Å². The topological polar surface area (TPSA) is 178 Å². The fraction of sp³-hybridized carbons (Fsp3) is 0.132. The van der Waals surface area contributed by atoms with Gasteiger partial charge in [0.2, 0.25) is 0 Å². The Morgan fingerprint density at radius 2 is 0.554 bits per heavy atom. The first-order valence-corrected chi connectivity index (χ1v) is 26.1. The highest BCUT2D eigenvalue weighted by molar-refractivity contribution is 6.27. The van der Waals surface area contributed by atoms with Crippen LogP contribution >= 0.6 is 0 Å². The van der Waals surface area contributed by atoms with Crippen molar-refractivity contribution >= 4 is 62.2 Å². The number of hydrogen-bond acceptors (Lipinski definition) is 15. The van der Waals surface area contributed by atoms with Crippen LogP contribution in [0.3, 0.4) is 0 Å². The number of rotatable bonds is 17. The van der Waals surface area contributed by atoms with E-state index in [1.54, 1.807) is 122 Å². The summed E-state index contributed by atoms with van der Waals surface area (Å²) in [5.41, 5.74) is 5.32. The van der Waals surface area contributed by atoms with Crippen molar-refractivity contribution in [3.63, 3.8) is 0 Å². The van der Waals surface area contributed by atoms with Gasteiger partial charge in [0, 0.05) is 0 Å². The minimum atomic E-state index is -0.805. The molecule has 0 saturated carbocycles. The van der Waals surface area contributed by atoms with Gasteiger partial charge in [-0.3, -0.25) is 0 Å². The molecule has 10 aromatic carbocycles. The Morgan fingerprint density at radius 3 is 0.855 bits per heavy atom. The first-order chi connectivity index (χ1) is 40.1. The third-order valence-corrected chi connectivity index (χ3v) is 14.1. The molecule has 0 bridgehead atoms. The van der Waals surface area contributed by atoms with Crippen molar-refractivity contribution in [2.24, 2.45) is 0 Å². The van der Waals surface area contributed by atoms with Crippen molar-refractivity contribution in [1.29, 1.82) is 0 Å². The van der Waals surface area contributed by atoms with Gasteiger partial charge in [0.15, 0.2) is 34.5 Å². The van der Waals surface area contributed by atoms with Gasteiger partial charge in [-0.15, -0.1) is 0 Å². The van der Waals surface area contributed by atoms with E-state index in [2.05, 4.69) is 0 Å². The zero-order valence-corrected chi connectivity index (χ0v) is 46.5. The normalized spacial score (nSPS) is 10.9. The molecule has 0 unspecified atom stereocenters. The summed E-state index contributed by atoms with van der Waals surface area (Å²) in [5, 5.41) is 2.32. The van der Waals surface area contributed by atoms with Crippen molar-refractivity contribution in [2.75, 3.05) is 28.4 Å². The lowest BCUT2D eigenvalue weighted by molar-refractivity contribution is 0.0682. The molecule has 0 aromatic heterocycles. The Balaban J connectivity index is 1.25. The number of carbonyl (C=O) groups is 5. The maximum atomic E-state index is 14.4. The second-order valence-electron chi connectivity index (χ2n) is 19.4. The lowest BCUT2D eigenvalue weighted by atomic mass is 9.93. The van der Waals surface area contributed by atoms with E-state index in [1.807, 2.05) is 39.8 Å². The molecule has 0 aliphatic heterocycles. The molecular weight excluding hydrogens is 1060 g/mol. The van der Waals surface area contributed by atoms with Gasteiger partial charge in [0.05, 0.1) is 56.3 Å². The number of aryl methyl sites for hydroxylation is 3. The van der Waals surface area contributed by atoms with E-state index in [0.717, 1.165) is 27.8 Å². The van der Waals surface area contributed by atoms with Crippen LogP contribution in [0, 0.1) is 27.7 Å². The third kappa shape index (κ3) is 12.1. The Kier molecular flexibility index (Phi) is 16.1. The zero-order chi connectivity index (χ0) is 58.5. The Labute approximate surface area is 477 Å². The fourth-order valence-corrected chi connectivity index (χ4v) is 9.23. The number of esters is 5. The summed E-state index contributed by atoms with van der Waals surface area (Å²) >= 11 is 0. The van der Waals surface area contributed by atoms with Crippen LogP contribution in [-0.4, -0.2) is 58.3 Å². The number of carbonyl (C=O) groups excluding carboxylic acids is 5. The van der Waals surface area contributed by atoms with E-state index >= 15 is 0 Å². The summed E-state index contributed by atoms with van der Waals surface area (Å²) in [5.74, 6) is -2.24. The van der Waals surface area contributed by atoms with Crippen LogP contribution in [-0.2, 0) is 6.61 Å². The van der Waals surface area contributed by atoms with Gasteiger partial charge >= 0.3 is 29.8 Å². The molecule has 0 N–H and O–H groups in total. The molecule has 10 rings (SSSR count). The molecule has 0 aliphatic carbocycles. The molecule has 83 heavy (non-hydrogen) atoms. The predicted octanol–water partition coefficient (Wildman–Crippen LogP) is 14.1. The molecule has 0 radical (unpaired) electrons. The van der Waals surface area contributed by atoms with Gasteiger partial charge in [-0.25, -0.2) is 24.0 Å². The SMILES string of the molecule is COc1ccc(COc2cc3c(cc2OC(=O)c2ccc(OC)cc2)c2cc(OC(=O)c4ccc(C)cc4)c(OC(=O)c4ccc(OC)cc4)cc2c2cc(OC(=O)c4ccc(OC)cc4)c(OC(=O)c4cc(C)c(C)c(C)c4)cc32)cc1. The van der Waals surface area contributed by atoms with Gasteiger partial charge in [0.1, 0.15) is 29.6 Å². The summed E-state index contributed by atoms with van der Waals surface area (Å²) in [6.45, 7) is 7.62. The highest BCUT2D eigenvalue weighted by Gasteiger charge is 2.26. The lowest BCUT2D eigenvalue weighted by Gasteiger charge is -2.20. The molecule has 416 valence electrons. The van der Waals surface area contributed by atoms with E-state index < -0.39 is 29.8 Å². The molecule has 0 amide bonds. The minimum absolute atomic E-state index is 0.000158. The second-order valence-corrected chi connectivity index (χ2v) is 19.4. The number of benzene rings is 10. The molecule has 0 aliphatic rings. The molecule has 15 heteroatoms. The van der Waals surface area contributed by atoms with E-state index in [4.69, 9.17) is 47.4 Å². The van der Waals surface area contributed by atoms with Gasteiger partial charge in [0.25, 0.3) is 0 Å². The smallest absolute Gasteiger partial charge is 0.343 e. The van der Waals surface area contributed by atoms with Gasteiger partial charge in [-0.2, -0.15) is 0 Å². The monoisotopic (exact) mass is 1110 g/mol. The van der Waals surface area contributed by atoms with Crippen LogP contribution in [0.15, 0.2) is 170 Å². The van der Waals surface area contributed by atoms with Crippen LogP contribution in [0.5, 0.6) is 57.5 Å². The van der Waals surface area contributed by atoms with E-state index in [1.165, 1.54) is 63.8 Å². The minimum Gasteiger partial charge on any atom is -0.497 e. The average Bonchev–Trinajstić information content (AvgIpc) is 3.64. The highest BCUT2D eigenvalue weighted by Crippen LogP contribution is 2.48. The largest absolute Gasteiger partial charge is 0.497 e. The second kappa shape index (κ2) is 24.0. The quantitative estimate of drug-likeness (QED) is 0.0477. The number of ether oxygens (including phenoxy) is 10. The summed E-state index contributed by atoms with van der Waals surface area (Å²) in [4.78, 5) is 71.2. The highest BCUT2D eigenvalue weighted by atomic mass is 16.6. The van der Waals surface area contributed by atoms with Crippen molar-refractivity contribution in [1.82, 2.24) is 0 Å². The third-order valence-electron chi connectivity index (χ3n) is 14.1. The molecular formula is C68H54O15. The van der Waals surface area contributed by atoms with Crippen LogP contribution in [0.2, 0.25) is 0 Å². The standard InChI is InChI=1S/C68H54O15/c1-38-9-13-43(14-10-38)64(69)80-60-34-55-53-32-59(79-65(70)44-15-23-49(75-6)24-16-44)58(78-37-42-11-21-48(74-5)22-12-42)31-52(53)54-33-63(83-68(73)47-29-39(2)41(4)40(3)30-47)62(82-67(72)46-19-27-51(77-8)28-20-46)35-56(54)57(55)36-61(60)81-66(71)45-17-25-50(76-7)26-18-45/h9-36H,37H2,1-8H3. The van der Waals surface area contributed by atoms with Crippen LogP contribution in [0.25, 0.3) is 32.3 Å². The molecule has 15 nitrogen and oxygen atoms in total. The summed E-state index contributed by atoms with van der Waals surface area (Å²) in [6.07, 6.45) is 0. The summed E-state index contributed by atoms with van der Waals surface area (Å²) in [7, 11) is 6.08. The fourth-order valence-electron chi connectivity index (χ4n) is 9.23. The van der Waals surface area contributed by atoms with E-state index in [0.29, 0.717) is 55.3 Å². The van der Waals surface area contributed by atoms with Gasteiger partial charge in [-0.05, 0) is 228 Å². The summed E-state index contributed by atoms with van der Waals surface area (Å²) in [6, 6.07) is 45.8. The van der Waals surface area contributed by atoms with Gasteiger partial charge < -0.3 is 47.4 Å². The lowest BCUT2D eigenvalue weighted by Crippen LogP contribution is -2.13. The van der Waals surface area contributed by atoms with E-state index in [-0.39, 0.29) is 68.9 Å². The van der Waals surface area contributed by atoms with Crippen molar-refractivity contribution < 1.29 is 71.3 Å². The molecule has 0 spiro atoms. The van der Waals surface area contributed by atoms with Crippen molar-refractivity contribution in [3.8, 4) is 57.5 Å². The Morgan fingerprint density at radius 1 is 0.301 bits per heavy atom. The molecule has 0 fully saturated rings. The zero-order valence-electron chi connectivity index (χ0n) is 46.5. The molecule has 0 heterocycles. The maximum Gasteiger partial charge on any atom is 0.343 e. The Hall–Kier alpha value is -10.7. The Bertz CT molecular complexity index is 4130. The first kappa shape index (κ1) is 55.6. The van der Waals surface area contributed by atoms with Crippen molar-refractivity contribution in [2.45, 2.75) is 34.3 Å². The first-order valence-electron chi connectivity index (χ1n) is 26.1. The number of hydrogen-bond donors (Lipinski definition) is 0. The van der Waals surface area contributed by atoms with Gasteiger partial charge in [-0.1, -0.05) is 29.8 Å².